The van der Waals surface area contributed by atoms with Gasteiger partial charge in [0.05, 0.1) is 5.69 Å². The summed E-state index contributed by atoms with van der Waals surface area (Å²) < 4.78 is 0. The summed E-state index contributed by atoms with van der Waals surface area (Å²) in [6, 6.07) is 14.4. The molecule has 0 fully saturated rings. The van der Waals surface area contributed by atoms with Crippen LogP contribution in [0.15, 0.2) is 48.5 Å². The highest BCUT2D eigenvalue weighted by atomic mass is 35.5. The zero-order chi connectivity index (χ0) is 21.2. The standard InChI is InChI=1S/C22H22ClN3O2S/c1-13-18(20(28)25-17-7-5-6-16(23)12-17)29-21(24-13)26-19(27)14-8-10-15(11-9-14)22(2,3)4/h5-12H,1-4H3,(H,25,28)(H,24,26,27). The van der Waals surface area contributed by atoms with Gasteiger partial charge in [0, 0.05) is 16.3 Å². The molecular weight excluding hydrogens is 406 g/mol. The van der Waals surface area contributed by atoms with Crippen LogP contribution in [0.4, 0.5) is 10.8 Å². The van der Waals surface area contributed by atoms with Gasteiger partial charge in [-0.2, -0.15) is 0 Å². The Morgan fingerprint density at radius 2 is 1.69 bits per heavy atom. The summed E-state index contributed by atoms with van der Waals surface area (Å²) >= 11 is 7.08. The number of hydrogen-bond donors (Lipinski definition) is 2. The molecule has 3 rings (SSSR count). The molecule has 0 aliphatic carbocycles. The number of amides is 2. The number of carbonyl (C=O) groups excluding carboxylic acids is 2. The van der Waals surface area contributed by atoms with Crippen LogP contribution in [0.1, 0.15) is 52.1 Å². The Morgan fingerprint density at radius 3 is 2.31 bits per heavy atom. The number of hydrogen-bond acceptors (Lipinski definition) is 4. The van der Waals surface area contributed by atoms with Gasteiger partial charge in [0.2, 0.25) is 0 Å². The summed E-state index contributed by atoms with van der Waals surface area (Å²) in [4.78, 5) is 29.8. The number of thiazole rings is 1. The molecule has 7 heteroatoms. The molecule has 3 aromatic rings. The van der Waals surface area contributed by atoms with Gasteiger partial charge in [-0.15, -0.1) is 0 Å². The van der Waals surface area contributed by atoms with Crippen molar-refractivity contribution in [3.63, 3.8) is 0 Å². The van der Waals surface area contributed by atoms with E-state index in [1.165, 1.54) is 0 Å². The summed E-state index contributed by atoms with van der Waals surface area (Å²) in [6.07, 6.45) is 0. The Hall–Kier alpha value is -2.70. The molecular formula is C22H22ClN3O2S. The average Bonchev–Trinajstić information content (AvgIpc) is 3.01. The third-order valence-corrected chi connectivity index (χ3v) is 5.63. The lowest BCUT2D eigenvalue weighted by Gasteiger charge is -2.18. The van der Waals surface area contributed by atoms with Crippen molar-refractivity contribution in [2.45, 2.75) is 33.1 Å². The monoisotopic (exact) mass is 427 g/mol. The van der Waals surface area contributed by atoms with Crippen molar-refractivity contribution in [1.82, 2.24) is 4.98 Å². The Balaban J connectivity index is 1.71. The quantitative estimate of drug-likeness (QED) is 0.543. The molecule has 1 aromatic heterocycles. The maximum atomic E-state index is 12.6. The van der Waals surface area contributed by atoms with Gasteiger partial charge < -0.3 is 5.32 Å². The molecule has 0 bridgehead atoms. The van der Waals surface area contributed by atoms with Crippen LogP contribution in [-0.4, -0.2) is 16.8 Å². The van der Waals surface area contributed by atoms with Crippen LogP contribution < -0.4 is 10.6 Å². The second kappa shape index (κ2) is 8.35. The first kappa shape index (κ1) is 21.0. The van der Waals surface area contributed by atoms with E-state index in [0.29, 0.717) is 32.0 Å². The fourth-order valence-corrected chi connectivity index (χ4v) is 3.75. The molecule has 0 unspecified atom stereocenters. The highest BCUT2D eigenvalue weighted by Gasteiger charge is 2.18. The lowest BCUT2D eigenvalue weighted by atomic mass is 9.87. The van der Waals surface area contributed by atoms with E-state index >= 15 is 0 Å². The first-order valence-corrected chi connectivity index (χ1v) is 10.3. The predicted octanol–water partition coefficient (Wildman–Crippen LogP) is 5.91. The Bertz CT molecular complexity index is 1050. The van der Waals surface area contributed by atoms with Gasteiger partial charge in [-0.3, -0.25) is 14.9 Å². The molecule has 0 atom stereocenters. The van der Waals surface area contributed by atoms with E-state index in [4.69, 9.17) is 11.6 Å². The number of nitrogens with one attached hydrogen (secondary N) is 2. The molecule has 5 nitrogen and oxygen atoms in total. The minimum absolute atomic E-state index is 0.0205. The van der Waals surface area contributed by atoms with Crippen molar-refractivity contribution in [1.29, 1.82) is 0 Å². The number of anilines is 2. The lowest BCUT2D eigenvalue weighted by Crippen LogP contribution is -2.14. The maximum absolute atomic E-state index is 12.6. The predicted molar refractivity (Wildman–Crippen MR) is 119 cm³/mol. The smallest absolute Gasteiger partial charge is 0.267 e. The Kier molecular flexibility index (Phi) is 6.05. The van der Waals surface area contributed by atoms with Gasteiger partial charge in [0.1, 0.15) is 4.88 Å². The maximum Gasteiger partial charge on any atom is 0.267 e. The van der Waals surface area contributed by atoms with E-state index in [2.05, 4.69) is 36.4 Å². The van der Waals surface area contributed by atoms with Gasteiger partial charge >= 0.3 is 0 Å². The highest BCUT2D eigenvalue weighted by molar-refractivity contribution is 7.17. The van der Waals surface area contributed by atoms with Crippen LogP contribution in [-0.2, 0) is 5.41 Å². The molecule has 0 spiro atoms. The molecule has 29 heavy (non-hydrogen) atoms. The van der Waals surface area contributed by atoms with Crippen LogP contribution in [0.25, 0.3) is 0 Å². The topological polar surface area (TPSA) is 71.1 Å². The zero-order valence-electron chi connectivity index (χ0n) is 16.7. The lowest BCUT2D eigenvalue weighted by molar-refractivity contribution is 0.102. The van der Waals surface area contributed by atoms with Crippen molar-refractivity contribution in [3.8, 4) is 0 Å². The highest BCUT2D eigenvalue weighted by Crippen LogP contribution is 2.26. The van der Waals surface area contributed by atoms with Gasteiger partial charge in [-0.25, -0.2) is 4.98 Å². The number of aryl methyl sites for hydroxylation is 1. The van der Waals surface area contributed by atoms with Crippen molar-refractivity contribution in [2.24, 2.45) is 0 Å². The Morgan fingerprint density at radius 1 is 1.00 bits per heavy atom. The number of benzene rings is 2. The van der Waals surface area contributed by atoms with Crippen LogP contribution in [0.5, 0.6) is 0 Å². The summed E-state index contributed by atoms with van der Waals surface area (Å²) in [5, 5.41) is 6.48. The van der Waals surface area contributed by atoms with Crippen molar-refractivity contribution in [2.75, 3.05) is 10.6 Å². The molecule has 1 heterocycles. The average molecular weight is 428 g/mol. The van der Waals surface area contributed by atoms with E-state index in [0.717, 1.165) is 16.9 Å². The molecule has 2 N–H and O–H groups in total. The van der Waals surface area contributed by atoms with Gasteiger partial charge in [-0.1, -0.05) is 61.9 Å². The van der Waals surface area contributed by atoms with Crippen LogP contribution >= 0.6 is 22.9 Å². The minimum atomic E-state index is -0.294. The number of halogens is 1. The molecule has 0 aliphatic heterocycles. The first-order valence-electron chi connectivity index (χ1n) is 9.10. The van der Waals surface area contributed by atoms with Crippen molar-refractivity contribution < 1.29 is 9.59 Å². The second-order valence-corrected chi connectivity index (χ2v) is 9.12. The van der Waals surface area contributed by atoms with E-state index in [-0.39, 0.29) is 17.2 Å². The number of rotatable bonds is 4. The zero-order valence-corrected chi connectivity index (χ0v) is 18.2. The molecule has 2 amide bonds. The number of carbonyl (C=O) groups is 2. The molecule has 150 valence electrons. The number of nitrogens with zero attached hydrogens (tertiary/aromatic N) is 1. The third kappa shape index (κ3) is 5.22. The SMILES string of the molecule is Cc1nc(NC(=O)c2ccc(C(C)(C)C)cc2)sc1C(=O)Nc1cccc(Cl)c1. The van der Waals surface area contributed by atoms with Gasteiger partial charge in [0.25, 0.3) is 11.8 Å². The van der Waals surface area contributed by atoms with Crippen LogP contribution in [0, 0.1) is 6.92 Å². The molecule has 0 radical (unpaired) electrons. The summed E-state index contributed by atoms with van der Waals surface area (Å²) in [7, 11) is 0. The van der Waals surface area contributed by atoms with Crippen LogP contribution in [0.2, 0.25) is 5.02 Å². The second-order valence-electron chi connectivity index (χ2n) is 7.68. The number of aromatic nitrogens is 1. The third-order valence-electron chi connectivity index (χ3n) is 4.32. The Labute approximate surface area is 179 Å². The van der Waals surface area contributed by atoms with E-state index in [1.807, 2.05) is 12.1 Å². The fourth-order valence-electron chi connectivity index (χ4n) is 2.71. The summed E-state index contributed by atoms with van der Waals surface area (Å²) in [5.74, 6) is -0.557. The molecule has 0 saturated carbocycles. The molecule has 2 aromatic carbocycles. The summed E-state index contributed by atoms with van der Waals surface area (Å²) in [6.45, 7) is 8.10. The summed E-state index contributed by atoms with van der Waals surface area (Å²) in [5.41, 5.74) is 2.86. The van der Waals surface area contributed by atoms with Gasteiger partial charge in [-0.05, 0) is 48.2 Å². The van der Waals surface area contributed by atoms with Crippen LogP contribution in [0.3, 0.4) is 0 Å². The van der Waals surface area contributed by atoms with Crippen molar-refractivity contribution in [3.05, 3.63) is 75.3 Å². The fraction of sp³-hybridized carbons (Fsp3) is 0.227. The molecule has 0 saturated heterocycles. The van der Waals surface area contributed by atoms with E-state index < -0.39 is 0 Å². The molecule has 0 aliphatic rings. The normalized spacial score (nSPS) is 11.2. The van der Waals surface area contributed by atoms with Crippen molar-refractivity contribution >= 4 is 45.6 Å². The van der Waals surface area contributed by atoms with E-state index in [1.54, 1.807) is 43.3 Å². The minimum Gasteiger partial charge on any atom is -0.321 e. The first-order chi connectivity index (χ1) is 13.6. The van der Waals surface area contributed by atoms with Gasteiger partial charge in [0.15, 0.2) is 5.13 Å². The van der Waals surface area contributed by atoms with E-state index in [9.17, 15) is 9.59 Å². The largest absolute Gasteiger partial charge is 0.321 e.